The first-order chi connectivity index (χ1) is 7.99. The summed E-state index contributed by atoms with van der Waals surface area (Å²) < 4.78 is 0. The molecule has 1 heterocycles. The summed E-state index contributed by atoms with van der Waals surface area (Å²) in [6.07, 6.45) is 1.68. The number of nitrogens with one attached hydrogen (secondary N) is 1. The van der Waals surface area contributed by atoms with E-state index in [0.29, 0.717) is 17.3 Å². The van der Waals surface area contributed by atoms with E-state index in [9.17, 15) is 4.79 Å². The number of rotatable bonds is 4. The van der Waals surface area contributed by atoms with Gasteiger partial charge in [-0.2, -0.15) is 0 Å². The lowest BCUT2D eigenvalue weighted by atomic mass is 10.0. The number of carbonyl (C=O) groups excluding carboxylic acids is 1. The Morgan fingerprint density at radius 1 is 1.41 bits per heavy atom. The molecule has 0 fully saturated rings. The molecule has 1 atom stereocenters. The summed E-state index contributed by atoms with van der Waals surface area (Å²) in [7, 11) is 3.60. The summed E-state index contributed by atoms with van der Waals surface area (Å²) in [6, 6.07) is 3.78. The SMILES string of the molecule is CNc1ncccc1C(=O)N(C)C(C)C(C)C. The number of hydrogen-bond donors (Lipinski definition) is 1. The van der Waals surface area contributed by atoms with Gasteiger partial charge in [-0.1, -0.05) is 13.8 Å². The van der Waals surface area contributed by atoms with Gasteiger partial charge in [-0.25, -0.2) is 4.98 Å². The summed E-state index contributed by atoms with van der Waals surface area (Å²) >= 11 is 0. The molecule has 0 saturated carbocycles. The smallest absolute Gasteiger partial charge is 0.257 e. The van der Waals surface area contributed by atoms with Crippen molar-refractivity contribution < 1.29 is 4.79 Å². The van der Waals surface area contributed by atoms with Crippen LogP contribution in [0.3, 0.4) is 0 Å². The Labute approximate surface area is 103 Å². The highest BCUT2D eigenvalue weighted by Crippen LogP contribution is 2.16. The fraction of sp³-hybridized carbons (Fsp3) is 0.538. The van der Waals surface area contributed by atoms with Crippen molar-refractivity contribution in [3.63, 3.8) is 0 Å². The van der Waals surface area contributed by atoms with Gasteiger partial charge in [0.15, 0.2) is 0 Å². The van der Waals surface area contributed by atoms with Gasteiger partial charge in [0, 0.05) is 26.3 Å². The van der Waals surface area contributed by atoms with Crippen molar-refractivity contribution >= 4 is 11.7 Å². The molecule has 4 nitrogen and oxygen atoms in total. The molecule has 17 heavy (non-hydrogen) atoms. The highest BCUT2D eigenvalue weighted by molar-refractivity contribution is 5.98. The number of amides is 1. The molecule has 1 aromatic heterocycles. The lowest BCUT2D eigenvalue weighted by Crippen LogP contribution is -2.38. The molecule has 0 spiro atoms. The molecule has 1 rings (SSSR count). The number of hydrogen-bond acceptors (Lipinski definition) is 3. The molecule has 1 amide bonds. The Morgan fingerprint density at radius 2 is 2.06 bits per heavy atom. The van der Waals surface area contributed by atoms with E-state index < -0.39 is 0 Å². The second-order valence-corrected chi connectivity index (χ2v) is 4.55. The van der Waals surface area contributed by atoms with Crippen molar-refractivity contribution in [2.24, 2.45) is 5.92 Å². The zero-order valence-electron chi connectivity index (χ0n) is 11.2. The summed E-state index contributed by atoms with van der Waals surface area (Å²) in [4.78, 5) is 18.2. The highest BCUT2D eigenvalue weighted by Gasteiger charge is 2.21. The zero-order chi connectivity index (χ0) is 13.0. The predicted molar refractivity (Wildman–Crippen MR) is 70.2 cm³/mol. The number of nitrogens with zero attached hydrogens (tertiary/aromatic N) is 2. The van der Waals surface area contributed by atoms with Gasteiger partial charge < -0.3 is 10.2 Å². The van der Waals surface area contributed by atoms with Crippen molar-refractivity contribution in [2.45, 2.75) is 26.8 Å². The maximum atomic E-state index is 12.3. The van der Waals surface area contributed by atoms with Crippen LogP contribution >= 0.6 is 0 Å². The Kier molecular flexibility index (Phi) is 4.49. The predicted octanol–water partition coefficient (Wildman–Crippen LogP) is 2.24. The van der Waals surface area contributed by atoms with E-state index in [2.05, 4.69) is 31.1 Å². The van der Waals surface area contributed by atoms with E-state index in [0.717, 1.165) is 0 Å². The Morgan fingerprint density at radius 3 is 2.59 bits per heavy atom. The summed E-state index contributed by atoms with van der Waals surface area (Å²) in [5, 5.41) is 2.94. The normalized spacial score (nSPS) is 12.4. The van der Waals surface area contributed by atoms with Gasteiger partial charge in [-0.15, -0.1) is 0 Å². The average molecular weight is 235 g/mol. The molecule has 1 unspecified atom stereocenters. The standard InChI is InChI=1S/C13H21N3O/c1-9(2)10(3)16(5)13(17)11-7-6-8-15-12(11)14-4/h6-10H,1-5H3,(H,14,15). The third kappa shape index (κ3) is 2.96. The van der Waals surface area contributed by atoms with Crippen LogP contribution in [0.1, 0.15) is 31.1 Å². The second-order valence-electron chi connectivity index (χ2n) is 4.55. The van der Waals surface area contributed by atoms with Gasteiger partial charge in [0.2, 0.25) is 0 Å². The molecular formula is C13H21N3O. The first-order valence-electron chi connectivity index (χ1n) is 5.89. The number of aromatic nitrogens is 1. The van der Waals surface area contributed by atoms with Crippen LogP contribution in [0.2, 0.25) is 0 Å². The molecule has 4 heteroatoms. The van der Waals surface area contributed by atoms with Crippen molar-refractivity contribution in [3.05, 3.63) is 23.9 Å². The van der Waals surface area contributed by atoms with Crippen LogP contribution in [0.4, 0.5) is 5.82 Å². The minimum absolute atomic E-state index is 0.00338. The van der Waals surface area contributed by atoms with E-state index in [1.54, 1.807) is 30.3 Å². The fourth-order valence-corrected chi connectivity index (χ4v) is 1.60. The molecule has 0 aliphatic heterocycles. The zero-order valence-corrected chi connectivity index (χ0v) is 11.2. The van der Waals surface area contributed by atoms with E-state index in [1.165, 1.54) is 0 Å². The minimum atomic E-state index is 0.00338. The highest BCUT2D eigenvalue weighted by atomic mass is 16.2. The first kappa shape index (κ1) is 13.5. The topological polar surface area (TPSA) is 45.2 Å². The van der Waals surface area contributed by atoms with Crippen LogP contribution in [0.25, 0.3) is 0 Å². The number of carbonyl (C=O) groups is 1. The quantitative estimate of drug-likeness (QED) is 0.870. The third-order valence-electron chi connectivity index (χ3n) is 3.17. The van der Waals surface area contributed by atoms with E-state index in [4.69, 9.17) is 0 Å². The van der Waals surface area contributed by atoms with Gasteiger partial charge in [0.05, 0.1) is 5.56 Å². The Bertz CT molecular complexity index is 390. The summed E-state index contributed by atoms with van der Waals surface area (Å²) in [5.74, 6) is 1.06. The van der Waals surface area contributed by atoms with Crippen LogP contribution < -0.4 is 5.32 Å². The van der Waals surface area contributed by atoms with Crippen LogP contribution in [-0.2, 0) is 0 Å². The van der Waals surface area contributed by atoms with Crippen LogP contribution in [0.5, 0.6) is 0 Å². The molecular weight excluding hydrogens is 214 g/mol. The maximum Gasteiger partial charge on any atom is 0.257 e. The molecule has 1 N–H and O–H groups in total. The second kappa shape index (κ2) is 5.66. The Hall–Kier alpha value is -1.58. The first-order valence-corrected chi connectivity index (χ1v) is 5.89. The van der Waals surface area contributed by atoms with Gasteiger partial charge >= 0.3 is 0 Å². The van der Waals surface area contributed by atoms with Crippen molar-refractivity contribution in [1.82, 2.24) is 9.88 Å². The molecule has 0 aliphatic carbocycles. The van der Waals surface area contributed by atoms with Gasteiger partial charge in [-0.3, -0.25) is 4.79 Å². The molecule has 0 radical (unpaired) electrons. The van der Waals surface area contributed by atoms with Gasteiger partial charge in [0.25, 0.3) is 5.91 Å². The number of pyridine rings is 1. The Balaban J connectivity index is 2.96. The molecule has 94 valence electrons. The average Bonchev–Trinajstić information content (AvgIpc) is 2.35. The van der Waals surface area contributed by atoms with E-state index in [1.807, 2.05) is 7.05 Å². The van der Waals surface area contributed by atoms with Crippen molar-refractivity contribution in [2.75, 3.05) is 19.4 Å². The van der Waals surface area contributed by atoms with Gasteiger partial charge in [-0.05, 0) is 25.0 Å². The fourth-order valence-electron chi connectivity index (χ4n) is 1.60. The summed E-state index contributed by atoms with van der Waals surface area (Å²) in [6.45, 7) is 6.27. The molecule has 1 aromatic rings. The molecule has 0 aromatic carbocycles. The van der Waals surface area contributed by atoms with Crippen molar-refractivity contribution in [3.8, 4) is 0 Å². The van der Waals surface area contributed by atoms with Crippen LogP contribution in [0, 0.1) is 5.92 Å². The third-order valence-corrected chi connectivity index (χ3v) is 3.17. The lowest BCUT2D eigenvalue weighted by molar-refractivity contribution is 0.0708. The van der Waals surface area contributed by atoms with Crippen LogP contribution in [0.15, 0.2) is 18.3 Å². The lowest BCUT2D eigenvalue weighted by Gasteiger charge is -2.28. The van der Waals surface area contributed by atoms with E-state index in [-0.39, 0.29) is 11.9 Å². The molecule has 0 bridgehead atoms. The van der Waals surface area contributed by atoms with Crippen molar-refractivity contribution in [1.29, 1.82) is 0 Å². The van der Waals surface area contributed by atoms with Gasteiger partial charge in [0.1, 0.15) is 5.82 Å². The summed E-state index contributed by atoms with van der Waals surface area (Å²) in [5.41, 5.74) is 0.616. The maximum absolute atomic E-state index is 12.3. The van der Waals surface area contributed by atoms with Crippen LogP contribution in [-0.4, -0.2) is 35.9 Å². The number of anilines is 1. The van der Waals surface area contributed by atoms with E-state index >= 15 is 0 Å². The molecule has 0 aliphatic rings. The largest absolute Gasteiger partial charge is 0.372 e. The monoisotopic (exact) mass is 235 g/mol. The molecule has 0 saturated heterocycles. The minimum Gasteiger partial charge on any atom is -0.372 e.